The molecular formula is C18H16F4N2O. The van der Waals surface area contributed by atoms with E-state index in [-0.39, 0.29) is 35.0 Å². The molecule has 1 N–H and O–H groups in total. The van der Waals surface area contributed by atoms with Crippen molar-refractivity contribution in [1.29, 1.82) is 0 Å². The van der Waals surface area contributed by atoms with Crippen molar-refractivity contribution in [2.75, 3.05) is 5.32 Å². The average Bonchev–Trinajstić information content (AvgIpc) is 3.36. The highest BCUT2D eigenvalue weighted by Gasteiger charge is 2.62. The summed E-state index contributed by atoms with van der Waals surface area (Å²) in [7, 11) is 0. The van der Waals surface area contributed by atoms with Crippen molar-refractivity contribution in [2.24, 2.45) is 5.92 Å². The van der Waals surface area contributed by atoms with Crippen molar-refractivity contribution in [2.45, 2.75) is 37.3 Å². The number of hydrogen-bond donors (Lipinski definition) is 1. The number of nitrogens with one attached hydrogen (secondary N) is 1. The smallest absolute Gasteiger partial charge is 0.402 e. The molecule has 0 radical (unpaired) electrons. The molecule has 3 nitrogen and oxygen atoms in total. The number of fused-ring (bicyclic) bond motifs is 2. The van der Waals surface area contributed by atoms with E-state index in [0.29, 0.717) is 11.2 Å². The Morgan fingerprint density at radius 2 is 1.96 bits per heavy atom. The maximum atomic E-state index is 14.4. The summed E-state index contributed by atoms with van der Waals surface area (Å²) in [5, 5.41) is 14.9. The van der Waals surface area contributed by atoms with Gasteiger partial charge in [0.25, 0.3) is 5.82 Å². The van der Waals surface area contributed by atoms with Crippen LogP contribution >= 0.6 is 0 Å². The summed E-state index contributed by atoms with van der Waals surface area (Å²) in [6.45, 7) is 0. The van der Waals surface area contributed by atoms with Crippen molar-refractivity contribution in [3.05, 3.63) is 58.7 Å². The molecule has 0 amide bonds. The largest absolute Gasteiger partial charge is 0.711 e. The number of benzene rings is 1. The monoisotopic (exact) mass is 352 g/mol. The van der Waals surface area contributed by atoms with E-state index in [1.807, 2.05) is 0 Å². The molecule has 1 unspecified atom stereocenters. The van der Waals surface area contributed by atoms with Gasteiger partial charge in [-0.3, -0.25) is 0 Å². The third-order valence-electron chi connectivity index (χ3n) is 5.22. The fourth-order valence-corrected chi connectivity index (χ4v) is 3.75. The molecule has 0 spiro atoms. The Balaban J connectivity index is 1.99. The van der Waals surface area contributed by atoms with Crippen LogP contribution in [-0.4, -0.2) is 6.18 Å². The van der Waals surface area contributed by atoms with E-state index in [9.17, 15) is 22.8 Å². The van der Waals surface area contributed by atoms with Crippen LogP contribution in [0.5, 0.6) is 0 Å². The highest BCUT2D eigenvalue weighted by Crippen LogP contribution is 2.57. The van der Waals surface area contributed by atoms with E-state index in [0.717, 1.165) is 31.2 Å². The summed E-state index contributed by atoms with van der Waals surface area (Å²) in [4.78, 5) is 0. The quantitative estimate of drug-likeness (QED) is 0.500. The van der Waals surface area contributed by atoms with E-state index in [2.05, 4.69) is 5.32 Å². The topological polar surface area (TPSA) is 39.0 Å². The number of anilines is 2. The first-order valence-corrected chi connectivity index (χ1v) is 8.19. The van der Waals surface area contributed by atoms with Gasteiger partial charge >= 0.3 is 6.18 Å². The van der Waals surface area contributed by atoms with Crippen LogP contribution < -0.4 is 10.0 Å². The molecule has 1 aliphatic carbocycles. The van der Waals surface area contributed by atoms with Crippen molar-refractivity contribution in [3.8, 4) is 0 Å². The van der Waals surface area contributed by atoms with Crippen LogP contribution in [0.25, 0.3) is 0 Å². The molecule has 2 heterocycles. The molecule has 0 saturated heterocycles. The van der Waals surface area contributed by atoms with Crippen molar-refractivity contribution >= 4 is 11.5 Å². The van der Waals surface area contributed by atoms with Crippen LogP contribution in [0.2, 0.25) is 0 Å². The molecule has 1 aliphatic heterocycles. The van der Waals surface area contributed by atoms with Gasteiger partial charge in [0.2, 0.25) is 0 Å². The Bertz CT molecular complexity index is 828. The van der Waals surface area contributed by atoms with E-state index in [1.54, 1.807) is 0 Å². The van der Waals surface area contributed by atoms with Gasteiger partial charge in [0, 0.05) is 5.56 Å². The van der Waals surface area contributed by atoms with Gasteiger partial charge in [-0.1, -0.05) is 12.8 Å². The van der Waals surface area contributed by atoms with Crippen LogP contribution in [0.1, 0.15) is 36.8 Å². The number of aromatic nitrogens is 1. The molecule has 1 atom stereocenters. The lowest BCUT2D eigenvalue weighted by Crippen LogP contribution is -2.49. The van der Waals surface area contributed by atoms with Gasteiger partial charge in [-0.05, 0) is 49.1 Å². The van der Waals surface area contributed by atoms with E-state index in [1.165, 1.54) is 18.2 Å². The minimum atomic E-state index is -4.66. The van der Waals surface area contributed by atoms with Crippen LogP contribution in [0.4, 0.5) is 29.1 Å². The summed E-state index contributed by atoms with van der Waals surface area (Å²) in [6.07, 6.45) is -1.46. The Hall–Kier alpha value is -2.31. The van der Waals surface area contributed by atoms with Crippen LogP contribution in [-0.2, 0) is 5.41 Å². The zero-order chi connectivity index (χ0) is 17.8. The number of hydrogen-bond acceptors (Lipinski definition) is 2. The molecule has 1 aromatic heterocycles. The lowest BCUT2D eigenvalue weighted by atomic mass is 9.68. The zero-order valence-electron chi connectivity index (χ0n) is 13.2. The second-order valence-electron chi connectivity index (χ2n) is 6.80. The Morgan fingerprint density at radius 3 is 2.64 bits per heavy atom. The van der Waals surface area contributed by atoms with E-state index >= 15 is 0 Å². The molecule has 25 heavy (non-hydrogen) atoms. The first-order valence-electron chi connectivity index (χ1n) is 8.19. The normalized spacial score (nSPS) is 22.1. The number of rotatable bonds is 3. The molecule has 1 aromatic carbocycles. The number of pyridine rings is 1. The predicted octanol–water partition coefficient (Wildman–Crippen LogP) is 4.55. The van der Waals surface area contributed by atoms with Crippen molar-refractivity contribution in [3.63, 3.8) is 0 Å². The maximum absolute atomic E-state index is 14.4. The predicted molar refractivity (Wildman–Crippen MR) is 83.9 cm³/mol. The molecular weight excluding hydrogens is 336 g/mol. The minimum absolute atomic E-state index is 0.123. The first-order chi connectivity index (χ1) is 11.8. The highest BCUT2D eigenvalue weighted by molar-refractivity contribution is 5.72. The summed E-state index contributed by atoms with van der Waals surface area (Å²) >= 11 is 0. The van der Waals surface area contributed by atoms with Crippen LogP contribution in [0, 0.1) is 16.9 Å². The molecule has 2 aromatic rings. The maximum Gasteiger partial charge on any atom is 0.402 e. The van der Waals surface area contributed by atoms with Crippen LogP contribution in [0.15, 0.2) is 36.5 Å². The molecule has 132 valence electrons. The molecule has 2 aliphatic rings. The summed E-state index contributed by atoms with van der Waals surface area (Å²) in [5.41, 5.74) is -2.56. The Labute approximate surface area is 141 Å². The summed E-state index contributed by atoms with van der Waals surface area (Å²) in [5.74, 6) is -0.595. The standard InChI is InChI=1S/C18H16F4N2O/c19-12-5-6-15-14(10-12)17(18(20,21)22,8-7-11-3-4-11)13-2-1-9-24(25)16(13)23-15/h1-2,5-6,9-11,23H,3-4,7-8H2. The third kappa shape index (κ3) is 2.44. The van der Waals surface area contributed by atoms with Crippen molar-refractivity contribution in [1.82, 2.24) is 0 Å². The van der Waals surface area contributed by atoms with Gasteiger partial charge in [0.05, 0.1) is 11.8 Å². The van der Waals surface area contributed by atoms with Gasteiger partial charge in [0.1, 0.15) is 16.9 Å². The van der Waals surface area contributed by atoms with Gasteiger partial charge in [-0.25, -0.2) is 14.4 Å². The molecule has 1 saturated carbocycles. The zero-order valence-corrected chi connectivity index (χ0v) is 13.2. The van der Waals surface area contributed by atoms with Gasteiger partial charge in [-0.15, -0.1) is 0 Å². The van der Waals surface area contributed by atoms with Gasteiger partial charge in [-0.2, -0.15) is 13.2 Å². The number of nitrogens with zero attached hydrogens (tertiary/aromatic N) is 1. The van der Waals surface area contributed by atoms with Gasteiger partial charge < -0.3 is 5.21 Å². The number of halogens is 4. The number of alkyl halides is 3. The summed E-state index contributed by atoms with van der Waals surface area (Å²) < 4.78 is 57.5. The third-order valence-corrected chi connectivity index (χ3v) is 5.22. The molecule has 0 bridgehead atoms. The molecule has 4 rings (SSSR count). The second-order valence-corrected chi connectivity index (χ2v) is 6.80. The van der Waals surface area contributed by atoms with E-state index < -0.39 is 17.4 Å². The minimum Gasteiger partial charge on any atom is -0.711 e. The SMILES string of the molecule is [O-][n+]1cccc2c1Nc1ccc(F)cc1C2(CCC1CC1)C(F)(F)F. The van der Waals surface area contributed by atoms with Gasteiger partial charge in [0.15, 0.2) is 0 Å². The van der Waals surface area contributed by atoms with Crippen LogP contribution in [0.3, 0.4) is 0 Å². The lowest BCUT2D eigenvalue weighted by molar-refractivity contribution is -0.590. The first kappa shape index (κ1) is 16.2. The van der Waals surface area contributed by atoms with Crippen molar-refractivity contribution < 1.29 is 22.3 Å². The molecule has 7 heteroatoms. The second kappa shape index (κ2) is 5.34. The Kier molecular flexibility index (Phi) is 3.46. The average molecular weight is 352 g/mol. The fourth-order valence-electron chi connectivity index (χ4n) is 3.75. The molecule has 1 fully saturated rings. The van der Waals surface area contributed by atoms with E-state index in [4.69, 9.17) is 0 Å². The lowest BCUT2D eigenvalue weighted by Gasteiger charge is -2.40. The fraction of sp³-hybridized carbons (Fsp3) is 0.389. The summed E-state index contributed by atoms with van der Waals surface area (Å²) in [6, 6.07) is 5.91. The highest BCUT2D eigenvalue weighted by atomic mass is 19.4. The Morgan fingerprint density at radius 1 is 1.20 bits per heavy atom.